The van der Waals surface area contributed by atoms with Crippen LogP contribution in [0, 0.1) is 6.92 Å². The van der Waals surface area contributed by atoms with Crippen LogP contribution in [-0.2, 0) is 4.79 Å². The predicted molar refractivity (Wildman–Crippen MR) is 89.0 cm³/mol. The van der Waals surface area contributed by atoms with E-state index in [0.717, 1.165) is 12.1 Å². The zero-order valence-electron chi connectivity index (χ0n) is 14.2. The number of pyridine rings is 1. The summed E-state index contributed by atoms with van der Waals surface area (Å²) >= 11 is 0. The number of carbonyl (C=O) groups excluding carboxylic acids is 1. The number of carbonyl (C=O) groups is 2. The van der Waals surface area contributed by atoms with Crippen molar-refractivity contribution in [2.24, 2.45) is 0 Å². The summed E-state index contributed by atoms with van der Waals surface area (Å²) in [5, 5.41) is 14.4. The molecule has 0 bridgehead atoms. The Labute approximate surface area is 140 Å². The van der Waals surface area contributed by atoms with Gasteiger partial charge in [-0.25, -0.2) is 14.5 Å². The fraction of sp³-hybridized carbons (Fsp3) is 0.529. The monoisotopic (exact) mass is 330 g/mol. The number of fused-ring (bicyclic) bond motifs is 1. The van der Waals surface area contributed by atoms with Crippen LogP contribution in [0.15, 0.2) is 12.3 Å². The Hall–Kier alpha value is -2.44. The van der Waals surface area contributed by atoms with Crippen LogP contribution in [-0.4, -0.2) is 49.2 Å². The molecule has 1 saturated heterocycles. The Morgan fingerprint density at radius 2 is 2.21 bits per heavy atom. The maximum Gasteiger partial charge on any atom is 0.326 e. The van der Waals surface area contributed by atoms with E-state index in [4.69, 9.17) is 0 Å². The average Bonchev–Trinajstić information content (AvgIpc) is 3.19. The summed E-state index contributed by atoms with van der Waals surface area (Å²) in [6.07, 6.45) is 3.78. The van der Waals surface area contributed by atoms with Gasteiger partial charge in [-0.3, -0.25) is 4.79 Å². The molecule has 2 atom stereocenters. The molecule has 3 heterocycles. The summed E-state index contributed by atoms with van der Waals surface area (Å²) in [4.78, 5) is 30.4. The number of carboxylic acid groups (broad SMARTS) is 1. The molecule has 1 aliphatic rings. The Balaban J connectivity index is 2.08. The number of rotatable bonds is 4. The SMILES string of the molecule is CCC(C)n1ncc2c(C(=O)N3CCCC3C(=O)O)cc(C)nc21. The molecule has 0 radical (unpaired) electrons. The number of hydrogen-bond donors (Lipinski definition) is 1. The number of aliphatic carboxylic acids is 1. The quantitative estimate of drug-likeness (QED) is 0.930. The number of likely N-dealkylation sites (tertiary alicyclic amines) is 1. The fourth-order valence-corrected chi connectivity index (χ4v) is 3.24. The maximum absolute atomic E-state index is 13.0. The van der Waals surface area contributed by atoms with Crippen LogP contribution in [0.5, 0.6) is 0 Å². The molecule has 2 aromatic rings. The minimum atomic E-state index is -0.946. The first kappa shape index (κ1) is 16.4. The first-order valence-electron chi connectivity index (χ1n) is 8.32. The first-order valence-corrected chi connectivity index (χ1v) is 8.32. The van der Waals surface area contributed by atoms with Gasteiger partial charge in [-0.05, 0) is 39.2 Å². The number of carboxylic acids is 1. The van der Waals surface area contributed by atoms with Crippen molar-refractivity contribution in [2.45, 2.75) is 52.1 Å². The lowest BCUT2D eigenvalue weighted by Crippen LogP contribution is -2.40. The van der Waals surface area contributed by atoms with Crippen molar-refractivity contribution < 1.29 is 14.7 Å². The lowest BCUT2D eigenvalue weighted by Gasteiger charge is -2.22. The van der Waals surface area contributed by atoms with E-state index in [2.05, 4.69) is 23.9 Å². The lowest BCUT2D eigenvalue weighted by atomic mass is 10.1. The normalized spacial score (nSPS) is 19.0. The van der Waals surface area contributed by atoms with Crippen molar-refractivity contribution >= 4 is 22.9 Å². The van der Waals surface area contributed by atoms with Crippen molar-refractivity contribution in [3.63, 3.8) is 0 Å². The van der Waals surface area contributed by atoms with E-state index in [0.29, 0.717) is 36.0 Å². The molecule has 3 rings (SSSR count). The average molecular weight is 330 g/mol. The second kappa shape index (κ2) is 6.22. The zero-order chi connectivity index (χ0) is 17.4. The summed E-state index contributed by atoms with van der Waals surface area (Å²) in [5.74, 6) is -1.20. The van der Waals surface area contributed by atoms with Crippen LogP contribution in [0.2, 0.25) is 0 Å². The van der Waals surface area contributed by atoms with Gasteiger partial charge in [-0.2, -0.15) is 5.10 Å². The van der Waals surface area contributed by atoms with Crippen LogP contribution in [0.3, 0.4) is 0 Å². The fourth-order valence-electron chi connectivity index (χ4n) is 3.24. The van der Waals surface area contributed by atoms with Gasteiger partial charge in [0.1, 0.15) is 6.04 Å². The lowest BCUT2D eigenvalue weighted by molar-refractivity contribution is -0.141. The van der Waals surface area contributed by atoms with Crippen molar-refractivity contribution in [1.29, 1.82) is 0 Å². The third-order valence-electron chi connectivity index (χ3n) is 4.73. The molecule has 128 valence electrons. The molecule has 7 nitrogen and oxygen atoms in total. The molecule has 2 unspecified atom stereocenters. The topological polar surface area (TPSA) is 88.3 Å². The molecule has 0 aromatic carbocycles. The summed E-state index contributed by atoms with van der Waals surface area (Å²) in [7, 11) is 0. The maximum atomic E-state index is 13.0. The van der Waals surface area contributed by atoms with Crippen LogP contribution < -0.4 is 0 Å². The Morgan fingerprint density at radius 3 is 2.88 bits per heavy atom. The molecule has 1 fully saturated rings. The number of nitrogens with zero attached hydrogens (tertiary/aromatic N) is 4. The first-order chi connectivity index (χ1) is 11.4. The highest BCUT2D eigenvalue weighted by Crippen LogP contribution is 2.26. The molecule has 1 aliphatic heterocycles. The van der Waals surface area contributed by atoms with Gasteiger partial charge in [-0.15, -0.1) is 0 Å². The summed E-state index contributed by atoms with van der Waals surface area (Å²) in [6, 6.07) is 1.16. The molecule has 0 spiro atoms. The molecule has 0 saturated carbocycles. The molecule has 1 amide bonds. The minimum Gasteiger partial charge on any atom is -0.480 e. The van der Waals surface area contributed by atoms with E-state index < -0.39 is 12.0 Å². The summed E-state index contributed by atoms with van der Waals surface area (Å²) in [6.45, 7) is 6.43. The standard InChI is InChI=1S/C17H22N4O3/c1-4-11(3)21-15-13(9-18-21)12(8-10(2)19-15)16(22)20-7-5-6-14(20)17(23)24/h8-9,11,14H,4-7H2,1-3H3,(H,23,24). The molecule has 2 aromatic heterocycles. The van der Waals surface area contributed by atoms with Crippen molar-refractivity contribution in [3.8, 4) is 0 Å². The third kappa shape index (κ3) is 2.64. The highest BCUT2D eigenvalue weighted by molar-refractivity contribution is 6.06. The van der Waals surface area contributed by atoms with Crippen molar-refractivity contribution in [3.05, 3.63) is 23.5 Å². The molecule has 0 aliphatic carbocycles. The van der Waals surface area contributed by atoms with Gasteiger partial charge in [0.2, 0.25) is 0 Å². The molecule has 24 heavy (non-hydrogen) atoms. The minimum absolute atomic E-state index is 0.179. The summed E-state index contributed by atoms with van der Waals surface area (Å²) < 4.78 is 1.83. The van der Waals surface area contributed by atoms with Crippen LogP contribution in [0.4, 0.5) is 0 Å². The highest BCUT2D eigenvalue weighted by atomic mass is 16.4. The van der Waals surface area contributed by atoms with E-state index in [1.807, 2.05) is 11.6 Å². The molecular weight excluding hydrogens is 308 g/mol. The predicted octanol–water partition coefficient (Wildman–Crippen LogP) is 2.40. The van der Waals surface area contributed by atoms with E-state index in [-0.39, 0.29) is 11.9 Å². The zero-order valence-corrected chi connectivity index (χ0v) is 14.2. The molecule has 1 N–H and O–H groups in total. The number of hydrogen-bond acceptors (Lipinski definition) is 4. The van der Waals surface area contributed by atoms with E-state index in [9.17, 15) is 14.7 Å². The van der Waals surface area contributed by atoms with Crippen molar-refractivity contribution in [1.82, 2.24) is 19.7 Å². The number of amides is 1. The van der Waals surface area contributed by atoms with E-state index >= 15 is 0 Å². The van der Waals surface area contributed by atoms with Gasteiger partial charge in [-0.1, -0.05) is 6.92 Å². The van der Waals surface area contributed by atoms with E-state index in [1.165, 1.54) is 4.90 Å². The Kier molecular flexibility index (Phi) is 4.26. The van der Waals surface area contributed by atoms with Gasteiger partial charge in [0.05, 0.1) is 23.2 Å². The second-order valence-corrected chi connectivity index (χ2v) is 6.39. The highest BCUT2D eigenvalue weighted by Gasteiger charge is 2.35. The Morgan fingerprint density at radius 1 is 1.46 bits per heavy atom. The van der Waals surface area contributed by atoms with Gasteiger partial charge in [0.25, 0.3) is 5.91 Å². The number of aromatic nitrogens is 3. The van der Waals surface area contributed by atoms with E-state index in [1.54, 1.807) is 12.3 Å². The van der Waals surface area contributed by atoms with Gasteiger partial charge >= 0.3 is 5.97 Å². The van der Waals surface area contributed by atoms with Crippen LogP contribution in [0.1, 0.15) is 55.2 Å². The van der Waals surface area contributed by atoms with Gasteiger partial charge < -0.3 is 10.0 Å². The van der Waals surface area contributed by atoms with Crippen LogP contribution in [0.25, 0.3) is 11.0 Å². The third-order valence-corrected chi connectivity index (χ3v) is 4.73. The van der Waals surface area contributed by atoms with Crippen molar-refractivity contribution in [2.75, 3.05) is 6.54 Å². The summed E-state index contributed by atoms with van der Waals surface area (Å²) in [5.41, 5.74) is 1.89. The smallest absolute Gasteiger partial charge is 0.326 e. The Bertz CT molecular complexity index is 798. The second-order valence-electron chi connectivity index (χ2n) is 6.39. The number of aryl methyl sites for hydroxylation is 1. The molecule has 7 heteroatoms. The van der Waals surface area contributed by atoms with Gasteiger partial charge in [0, 0.05) is 12.2 Å². The largest absolute Gasteiger partial charge is 0.480 e. The molecular formula is C17H22N4O3. The van der Waals surface area contributed by atoms with Crippen LogP contribution >= 0.6 is 0 Å². The van der Waals surface area contributed by atoms with Gasteiger partial charge in [0.15, 0.2) is 5.65 Å².